The first-order valence-corrected chi connectivity index (χ1v) is 7.61. The molecule has 0 spiro atoms. The summed E-state index contributed by atoms with van der Waals surface area (Å²) in [6.45, 7) is 1.05. The van der Waals surface area contributed by atoms with E-state index in [0.717, 1.165) is 12.8 Å². The highest BCUT2D eigenvalue weighted by Crippen LogP contribution is 2.25. The number of hydrogen-bond acceptors (Lipinski definition) is 4. The summed E-state index contributed by atoms with van der Waals surface area (Å²) < 4.78 is 18.9. The highest BCUT2D eigenvalue weighted by atomic mass is 35.5. The normalized spacial score (nSPS) is 18.7. The molecule has 2 rings (SSSR count). The molecule has 0 saturated carbocycles. The molecule has 1 aromatic carbocycles. The fourth-order valence-electron chi connectivity index (χ4n) is 2.54. The first-order valence-electron chi connectivity index (χ1n) is 7.23. The van der Waals surface area contributed by atoms with Gasteiger partial charge in [0.05, 0.1) is 6.04 Å². The lowest BCUT2D eigenvalue weighted by Gasteiger charge is -2.27. The third-order valence-electron chi connectivity index (χ3n) is 3.88. The first-order chi connectivity index (χ1) is 10.5. The summed E-state index contributed by atoms with van der Waals surface area (Å²) in [7, 11) is 0. The van der Waals surface area contributed by atoms with E-state index >= 15 is 0 Å². The van der Waals surface area contributed by atoms with Crippen molar-refractivity contribution in [3.63, 3.8) is 0 Å². The van der Waals surface area contributed by atoms with Gasteiger partial charge >= 0.3 is 0 Å². The zero-order valence-electron chi connectivity index (χ0n) is 12.1. The molecule has 0 aliphatic carbocycles. The fourth-order valence-corrected chi connectivity index (χ4v) is 2.82. The number of rotatable bonds is 5. The van der Waals surface area contributed by atoms with Crippen LogP contribution in [-0.4, -0.2) is 36.8 Å². The van der Waals surface area contributed by atoms with Crippen molar-refractivity contribution < 1.29 is 19.0 Å². The van der Waals surface area contributed by atoms with Crippen molar-refractivity contribution in [2.24, 2.45) is 11.7 Å². The molecule has 4 N–H and O–H groups in total. The topological polar surface area (TPSA) is 84.6 Å². The summed E-state index contributed by atoms with van der Waals surface area (Å²) in [4.78, 5) is 12.0. The van der Waals surface area contributed by atoms with Crippen molar-refractivity contribution in [2.45, 2.75) is 25.0 Å². The molecule has 7 heteroatoms. The van der Waals surface area contributed by atoms with E-state index in [1.165, 1.54) is 18.2 Å². The Hall–Kier alpha value is -1.21. The van der Waals surface area contributed by atoms with Crippen LogP contribution in [0.1, 0.15) is 24.5 Å². The molecule has 1 saturated heterocycles. The van der Waals surface area contributed by atoms with E-state index in [2.05, 4.69) is 5.32 Å². The molecule has 5 nitrogen and oxygen atoms in total. The Kier molecular flexibility index (Phi) is 6.14. The van der Waals surface area contributed by atoms with E-state index in [-0.39, 0.29) is 29.0 Å². The monoisotopic (exact) mass is 330 g/mol. The number of amides is 1. The van der Waals surface area contributed by atoms with Gasteiger partial charge in [-0.25, -0.2) is 4.39 Å². The fraction of sp³-hybridized carbons (Fsp3) is 0.533. The lowest BCUT2D eigenvalue weighted by Crippen LogP contribution is -2.48. The van der Waals surface area contributed by atoms with Crippen molar-refractivity contribution in [2.75, 3.05) is 19.8 Å². The molecule has 1 heterocycles. The molecular formula is C15H20ClFN2O3. The molecule has 1 aliphatic rings. The lowest BCUT2D eigenvalue weighted by atomic mass is 9.92. The molecule has 0 radical (unpaired) electrons. The molecule has 0 aromatic heterocycles. The van der Waals surface area contributed by atoms with Gasteiger partial charge in [0.2, 0.25) is 5.91 Å². The van der Waals surface area contributed by atoms with Gasteiger partial charge in [-0.15, -0.1) is 0 Å². The Labute approximate surface area is 133 Å². The molecule has 1 amide bonds. The minimum absolute atomic E-state index is 0.0240. The Morgan fingerprint density at radius 3 is 2.82 bits per heavy atom. The molecule has 1 aromatic rings. The van der Waals surface area contributed by atoms with Gasteiger partial charge in [-0.1, -0.05) is 17.7 Å². The molecular weight excluding hydrogens is 311 g/mol. The first kappa shape index (κ1) is 17.1. The van der Waals surface area contributed by atoms with E-state index in [1.54, 1.807) is 0 Å². The Morgan fingerprint density at radius 1 is 1.50 bits per heavy atom. The van der Waals surface area contributed by atoms with Crippen molar-refractivity contribution in [3.8, 4) is 0 Å². The summed E-state index contributed by atoms with van der Waals surface area (Å²) in [5.41, 5.74) is 5.90. The number of carbonyl (C=O) groups excluding carboxylic acids is 1. The number of nitrogens with two attached hydrogens (primary N) is 1. The maximum atomic E-state index is 13.7. The summed E-state index contributed by atoms with van der Waals surface area (Å²) in [6, 6.07) is 3.49. The van der Waals surface area contributed by atoms with Gasteiger partial charge in [0.15, 0.2) is 0 Å². The van der Waals surface area contributed by atoms with Gasteiger partial charge in [0.1, 0.15) is 11.9 Å². The highest BCUT2D eigenvalue weighted by molar-refractivity contribution is 6.31. The van der Waals surface area contributed by atoms with E-state index in [4.69, 9.17) is 22.1 Å². The highest BCUT2D eigenvalue weighted by Gasteiger charge is 2.27. The third kappa shape index (κ3) is 4.16. The maximum absolute atomic E-state index is 13.7. The largest absolute Gasteiger partial charge is 0.386 e. The van der Waals surface area contributed by atoms with Crippen LogP contribution in [0.2, 0.25) is 5.02 Å². The van der Waals surface area contributed by atoms with Crippen molar-refractivity contribution in [1.82, 2.24) is 5.32 Å². The van der Waals surface area contributed by atoms with Gasteiger partial charge in [-0.05, 0) is 30.9 Å². The molecule has 22 heavy (non-hydrogen) atoms. The van der Waals surface area contributed by atoms with E-state index in [0.29, 0.717) is 13.2 Å². The minimum Gasteiger partial charge on any atom is -0.386 e. The smallest absolute Gasteiger partial charge is 0.237 e. The predicted molar refractivity (Wildman–Crippen MR) is 80.9 cm³/mol. The SMILES string of the molecule is NC(C(=O)NCC(O)c1c(F)cccc1Cl)C1CCOCC1. The van der Waals surface area contributed by atoms with Crippen molar-refractivity contribution >= 4 is 17.5 Å². The van der Waals surface area contributed by atoms with E-state index in [9.17, 15) is 14.3 Å². The van der Waals surface area contributed by atoms with Crippen LogP contribution in [0.15, 0.2) is 18.2 Å². The van der Waals surface area contributed by atoms with Crippen molar-refractivity contribution in [3.05, 3.63) is 34.6 Å². The summed E-state index contributed by atoms with van der Waals surface area (Å²) in [5, 5.41) is 12.7. The van der Waals surface area contributed by atoms with Crippen molar-refractivity contribution in [1.29, 1.82) is 0 Å². The van der Waals surface area contributed by atoms with Crippen LogP contribution in [0, 0.1) is 11.7 Å². The van der Waals surface area contributed by atoms with Crippen LogP contribution in [0.25, 0.3) is 0 Å². The van der Waals surface area contributed by atoms with Gasteiger partial charge < -0.3 is 20.9 Å². The van der Waals surface area contributed by atoms with Crippen LogP contribution < -0.4 is 11.1 Å². The number of benzene rings is 1. The molecule has 1 fully saturated rings. The Balaban J connectivity index is 1.90. The average Bonchev–Trinajstić information content (AvgIpc) is 2.52. The molecule has 2 atom stereocenters. The predicted octanol–water partition coefficient (Wildman–Crippen LogP) is 1.38. The minimum atomic E-state index is -1.22. The third-order valence-corrected chi connectivity index (χ3v) is 4.21. The van der Waals surface area contributed by atoms with E-state index in [1.807, 2.05) is 0 Å². The second-order valence-corrected chi connectivity index (χ2v) is 5.78. The number of ether oxygens (including phenoxy) is 1. The lowest BCUT2D eigenvalue weighted by molar-refractivity contribution is -0.124. The molecule has 0 bridgehead atoms. The summed E-state index contributed by atoms with van der Waals surface area (Å²) in [5.74, 6) is -0.913. The molecule has 122 valence electrons. The molecule has 1 aliphatic heterocycles. The Bertz CT molecular complexity index is 503. The van der Waals surface area contributed by atoms with Crippen LogP contribution in [0.4, 0.5) is 4.39 Å². The van der Waals surface area contributed by atoms with Gasteiger partial charge in [0.25, 0.3) is 0 Å². The molecule has 2 unspecified atom stereocenters. The Morgan fingerprint density at radius 2 is 2.18 bits per heavy atom. The number of carbonyl (C=O) groups is 1. The number of aliphatic hydroxyl groups is 1. The van der Waals surface area contributed by atoms with Crippen LogP contribution >= 0.6 is 11.6 Å². The zero-order valence-corrected chi connectivity index (χ0v) is 12.9. The summed E-state index contributed by atoms with van der Waals surface area (Å²) in [6.07, 6.45) is 0.242. The zero-order chi connectivity index (χ0) is 16.1. The van der Waals surface area contributed by atoms with Gasteiger partial charge in [-0.3, -0.25) is 4.79 Å². The second-order valence-electron chi connectivity index (χ2n) is 5.37. The van der Waals surface area contributed by atoms with Crippen LogP contribution in [-0.2, 0) is 9.53 Å². The quantitative estimate of drug-likeness (QED) is 0.761. The number of halogens is 2. The number of hydrogen-bond donors (Lipinski definition) is 3. The van der Waals surface area contributed by atoms with Gasteiger partial charge in [-0.2, -0.15) is 0 Å². The maximum Gasteiger partial charge on any atom is 0.237 e. The average molecular weight is 331 g/mol. The number of aliphatic hydroxyl groups excluding tert-OH is 1. The van der Waals surface area contributed by atoms with Crippen LogP contribution in [0.3, 0.4) is 0 Å². The standard InChI is InChI=1S/C15H20ClFN2O3/c16-10-2-1-3-11(17)13(10)12(20)8-19-15(21)14(18)9-4-6-22-7-5-9/h1-3,9,12,14,20H,4-8,18H2,(H,19,21). The van der Waals surface area contributed by atoms with E-state index < -0.39 is 18.0 Å². The van der Waals surface area contributed by atoms with Crippen LogP contribution in [0.5, 0.6) is 0 Å². The second kappa shape index (κ2) is 7.87. The van der Waals surface area contributed by atoms with Gasteiger partial charge in [0, 0.05) is 30.3 Å². The number of nitrogens with one attached hydrogen (secondary N) is 1. The summed E-state index contributed by atoms with van der Waals surface area (Å²) >= 11 is 5.87.